The Hall–Kier alpha value is -2.39. The molecular weight excluding hydrogens is 270 g/mol. The summed E-state index contributed by atoms with van der Waals surface area (Å²) >= 11 is 0. The van der Waals surface area contributed by atoms with E-state index in [1.807, 2.05) is 13.8 Å². The van der Waals surface area contributed by atoms with E-state index in [4.69, 9.17) is 14.2 Å². The minimum Gasteiger partial charge on any atom is -0.497 e. The van der Waals surface area contributed by atoms with Crippen LogP contribution in [0.15, 0.2) is 35.6 Å². The van der Waals surface area contributed by atoms with Crippen LogP contribution in [0.1, 0.15) is 13.8 Å². The first-order chi connectivity index (χ1) is 10.0. The van der Waals surface area contributed by atoms with Gasteiger partial charge in [-0.05, 0) is 25.5 Å². The van der Waals surface area contributed by atoms with Gasteiger partial charge in [-0.15, -0.1) is 5.73 Å². The molecule has 0 unspecified atom stereocenters. The number of methoxy groups -OCH3 is 3. The van der Waals surface area contributed by atoms with Crippen molar-refractivity contribution in [3.8, 4) is 11.5 Å². The number of hydrogen-bond donors (Lipinski definition) is 0. The Labute approximate surface area is 125 Å². The second kappa shape index (κ2) is 8.02. The van der Waals surface area contributed by atoms with Crippen LogP contribution in [-0.2, 0) is 4.74 Å². The molecule has 0 saturated heterocycles. The largest absolute Gasteiger partial charge is 0.497 e. The summed E-state index contributed by atoms with van der Waals surface area (Å²) in [5, 5.41) is 0. The van der Waals surface area contributed by atoms with Crippen molar-refractivity contribution >= 4 is 11.8 Å². The van der Waals surface area contributed by atoms with E-state index in [1.54, 1.807) is 38.5 Å². The van der Waals surface area contributed by atoms with Gasteiger partial charge in [0.2, 0.25) is 0 Å². The molecular formula is C16H21NO4. The average molecular weight is 291 g/mol. The fraction of sp³-hybridized carbons (Fsp3) is 0.375. The van der Waals surface area contributed by atoms with Crippen molar-refractivity contribution in [2.24, 2.45) is 0 Å². The van der Waals surface area contributed by atoms with Gasteiger partial charge in [-0.2, -0.15) is 0 Å². The van der Waals surface area contributed by atoms with Gasteiger partial charge in [0.05, 0.1) is 33.6 Å². The van der Waals surface area contributed by atoms with Crippen LogP contribution in [-0.4, -0.2) is 34.0 Å². The molecule has 5 nitrogen and oxygen atoms in total. The summed E-state index contributed by atoms with van der Waals surface area (Å²) in [6, 6.07) is 5.23. The Morgan fingerprint density at radius 3 is 2.14 bits per heavy atom. The molecule has 0 bridgehead atoms. The van der Waals surface area contributed by atoms with Gasteiger partial charge in [-0.1, -0.05) is 0 Å². The molecule has 0 aliphatic heterocycles. The van der Waals surface area contributed by atoms with E-state index in [9.17, 15) is 4.79 Å². The Bertz CT molecular complexity index is 533. The molecule has 0 aromatic heterocycles. The van der Waals surface area contributed by atoms with Crippen LogP contribution in [0.3, 0.4) is 0 Å². The molecule has 1 aromatic rings. The van der Waals surface area contributed by atoms with Gasteiger partial charge < -0.3 is 14.2 Å². The summed E-state index contributed by atoms with van der Waals surface area (Å²) in [6.45, 7) is 4.22. The molecule has 0 aliphatic rings. The van der Waals surface area contributed by atoms with Crippen molar-refractivity contribution in [2.75, 3.05) is 32.8 Å². The lowest BCUT2D eigenvalue weighted by Crippen LogP contribution is -2.30. The van der Waals surface area contributed by atoms with Crippen molar-refractivity contribution < 1.29 is 19.0 Å². The predicted octanol–water partition coefficient (Wildman–Crippen LogP) is 3.40. The Morgan fingerprint density at radius 1 is 1.14 bits per heavy atom. The number of benzene rings is 1. The first-order valence-corrected chi connectivity index (χ1v) is 6.48. The Morgan fingerprint density at radius 2 is 1.71 bits per heavy atom. The van der Waals surface area contributed by atoms with E-state index < -0.39 is 6.09 Å². The van der Waals surface area contributed by atoms with Crippen LogP contribution in [0.25, 0.3) is 0 Å². The van der Waals surface area contributed by atoms with Gasteiger partial charge in [0, 0.05) is 18.2 Å². The molecule has 0 fully saturated rings. The van der Waals surface area contributed by atoms with Gasteiger partial charge in [0.1, 0.15) is 11.5 Å². The predicted molar refractivity (Wildman–Crippen MR) is 82.2 cm³/mol. The van der Waals surface area contributed by atoms with E-state index in [-0.39, 0.29) is 0 Å². The summed E-state index contributed by atoms with van der Waals surface area (Å²) in [5.74, 6) is 1.20. The molecule has 0 atom stereocenters. The highest BCUT2D eigenvalue weighted by molar-refractivity contribution is 5.88. The minimum absolute atomic E-state index is 0.341. The van der Waals surface area contributed by atoms with Crippen LogP contribution in [0.2, 0.25) is 0 Å². The number of amides is 1. The van der Waals surface area contributed by atoms with E-state index in [0.717, 1.165) is 5.57 Å². The van der Waals surface area contributed by atoms with E-state index in [0.29, 0.717) is 23.7 Å². The monoisotopic (exact) mass is 291 g/mol. The minimum atomic E-state index is -0.461. The molecule has 0 N–H and O–H groups in total. The van der Waals surface area contributed by atoms with Crippen molar-refractivity contribution in [1.82, 2.24) is 0 Å². The molecule has 0 saturated carbocycles. The lowest BCUT2D eigenvalue weighted by atomic mass is 10.2. The fourth-order valence-corrected chi connectivity index (χ4v) is 1.68. The molecule has 0 radical (unpaired) electrons. The van der Waals surface area contributed by atoms with Crippen molar-refractivity contribution in [3.05, 3.63) is 35.6 Å². The second-order valence-electron chi connectivity index (χ2n) is 4.50. The first kappa shape index (κ1) is 16.7. The van der Waals surface area contributed by atoms with Crippen LogP contribution in [0.4, 0.5) is 10.5 Å². The number of hydrogen-bond acceptors (Lipinski definition) is 4. The van der Waals surface area contributed by atoms with Gasteiger partial charge in [0.25, 0.3) is 0 Å². The van der Waals surface area contributed by atoms with Crippen LogP contribution in [0, 0.1) is 0 Å². The molecule has 1 amide bonds. The smallest absolute Gasteiger partial charge is 0.414 e. The number of carbonyl (C=O) groups is 1. The lowest BCUT2D eigenvalue weighted by molar-refractivity contribution is 0.179. The van der Waals surface area contributed by atoms with Gasteiger partial charge >= 0.3 is 6.09 Å². The van der Waals surface area contributed by atoms with E-state index in [1.165, 1.54) is 12.0 Å². The maximum absolute atomic E-state index is 12.0. The van der Waals surface area contributed by atoms with Gasteiger partial charge in [-0.3, -0.25) is 4.90 Å². The Balaban J connectivity index is 3.19. The third-order valence-corrected chi connectivity index (χ3v) is 2.71. The number of anilines is 1. The van der Waals surface area contributed by atoms with Crippen molar-refractivity contribution in [3.63, 3.8) is 0 Å². The number of nitrogens with zero attached hydrogens (tertiary/aromatic N) is 1. The molecule has 1 rings (SSSR count). The lowest BCUT2D eigenvalue weighted by Gasteiger charge is -2.20. The normalized spacial score (nSPS) is 9.38. The van der Waals surface area contributed by atoms with E-state index >= 15 is 0 Å². The highest BCUT2D eigenvalue weighted by Gasteiger charge is 2.16. The summed E-state index contributed by atoms with van der Waals surface area (Å²) in [5.41, 5.74) is 4.72. The molecule has 114 valence electrons. The van der Waals surface area contributed by atoms with Gasteiger partial charge in [0.15, 0.2) is 0 Å². The van der Waals surface area contributed by atoms with E-state index in [2.05, 4.69) is 5.73 Å². The molecule has 21 heavy (non-hydrogen) atoms. The average Bonchev–Trinajstić information content (AvgIpc) is 2.49. The summed E-state index contributed by atoms with van der Waals surface area (Å²) in [4.78, 5) is 13.4. The standard InChI is InChI=1S/C16H21NO4/c1-12(2)7-6-8-17(16(18)21-5)13-9-14(19-3)11-15(10-13)20-4/h6,9-11H,8H2,1-5H3. The van der Waals surface area contributed by atoms with Crippen LogP contribution >= 0.6 is 0 Å². The zero-order valence-electron chi connectivity index (χ0n) is 13.1. The number of rotatable bonds is 5. The maximum Gasteiger partial charge on any atom is 0.414 e. The zero-order valence-corrected chi connectivity index (χ0v) is 13.1. The highest BCUT2D eigenvalue weighted by Crippen LogP contribution is 2.28. The molecule has 1 aromatic carbocycles. The van der Waals surface area contributed by atoms with Crippen molar-refractivity contribution in [2.45, 2.75) is 13.8 Å². The summed E-state index contributed by atoms with van der Waals surface area (Å²) < 4.78 is 15.3. The first-order valence-electron chi connectivity index (χ1n) is 6.48. The summed E-state index contributed by atoms with van der Waals surface area (Å²) in [6.07, 6.45) is 1.31. The van der Waals surface area contributed by atoms with Crippen molar-refractivity contribution in [1.29, 1.82) is 0 Å². The quantitative estimate of drug-likeness (QED) is 0.780. The van der Waals surface area contributed by atoms with Crippen LogP contribution in [0.5, 0.6) is 11.5 Å². The third kappa shape index (κ3) is 4.89. The highest BCUT2D eigenvalue weighted by atomic mass is 16.5. The zero-order chi connectivity index (χ0) is 15.8. The molecule has 0 spiro atoms. The third-order valence-electron chi connectivity index (χ3n) is 2.71. The molecule has 0 aliphatic carbocycles. The van der Waals surface area contributed by atoms with Crippen LogP contribution < -0.4 is 14.4 Å². The fourth-order valence-electron chi connectivity index (χ4n) is 1.68. The molecule has 0 heterocycles. The second-order valence-corrected chi connectivity index (χ2v) is 4.50. The maximum atomic E-state index is 12.0. The number of ether oxygens (including phenoxy) is 3. The topological polar surface area (TPSA) is 48.0 Å². The Kier molecular flexibility index (Phi) is 6.37. The molecule has 5 heteroatoms. The summed E-state index contributed by atoms with van der Waals surface area (Å²) in [7, 11) is 4.46. The SMILES string of the molecule is COC(=O)N(CC=C=C(C)C)c1cc(OC)cc(OC)c1. The number of carbonyl (C=O) groups excluding carboxylic acids is 1. The van der Waals surface area contributed by atoms with Gasteiger partial charge in [-0.25, -0.2) is 4.79 Å².